The van der Waals surface area contributed by atoms with Crippen LogP contribution in [0, 0.1) is 0 Å². The average molecular weight is 350 g/mol. The topological polar surface area (TPSA) is 58.4 Å². The average Bonchev–Trinajstić information content (AvgIpc) is 2.97. The Morgan fingerprint density at radius 1 is 1.29 bits per heavy atom. The summed E-state index contributed by atoms with van der Waals surface area (Å²) in [6, 6.07) is 8.40. The van der Waals surface area contributed by atoms with Gasteiger partial charge < -0.3 is 10.0 Å². The second-order valence-corrected chi connectivity index (χ2v) is 6.14. The molecule has 1 N–H and O–H groups in total. The van der Waals surface area contributed by atoms with Crippen LogP contribution in [-0.4, -0.2) is 39.0 Å². The van der Waals surface area contributed by atoms with Crippen molar-refractivity contribution in [2.45, 2.75) is 18.9 Å². The highest BCUT2D eigenvalue weighted by atomic mass is 79.9. The van der Waals surface area contributed by atoms with E-state index in [4.69, 9.17) is 5.11 Å². The maximum atomic E-state index is 10.9. The largest absolute Gasteiger partial charge is 0.465 e. The van der Waals surface area contributed by atoms with E-state index >= 15 is 0 Å². The van der Waals surface area contributed by atoms with Crippen molar-refractivity contribution < 1.29 is 9.90 Å². The summed E-state index contributed by atoms with van der Waals surface area (Å²) in [6.07, 6.45) is 4.70. The van der Waals surface area contributed by atoms with Gasteiger partial charge in [-0.25, -0.2) is 4.79 Å². The number of benzene rings is 1. The van der Waals surface area contributed by atoms with Crippen LogP contribution < -0.4 is 0 Å². The Morgan fingerprint density at radius 3 is 2.71 bits per heavy atom. The number of hydrogen-bond acceptors (Lipinski definition) is 2. The number of rotatable bonds is 2. The minimum absolute atomic E-state index is 0.279. The third kappa shape index (κ3) is 3.10. The van der Waals surface area contributed by atoms with Crippen LogP contribution >= 0.6 is 15.9 Å². The first kappa shape index (κ1) is 14.1. The van der Waals surface area contributed by atoms with Gasteiger partial charge in [0.2, 0.25) is 0 Å². The van der Waals surface area contributed by atoms with Crippen LogP contribution in [0.1, 0.15) is 18.9 Å². The normalized spacial score (nSPS) is 16.1. The van der Waals surface area contributed by atoms with Crippen molar-refractivity contribution in [3.05, 3.63) is 41.1 Å². The lowest BCUT2D eigenvalue weighted by molar-refractivity contribution is 0.124. The number of likely N-dealkylation sites (tertiary alicyclic amines) is 1. The summed E-state index contributed by atoms with van der Waals surface area (Å²) in [5, 5.41) is 13.4. The Kier molecular flexibility index (Phi) is 3.96. The molecule has 5 nitrogen and oxygen atoms in total. The van der Waals surface area contributed by atoms with Crippen molar-refractivity contribution in [3.63, 3.8) is 0 Å². The molecule has 2 aromatic rings. The van der Waals surface area contributed by atoms with Gasteiger partial charge >= 0.3 is 6.09 Å². The molecule has 1 aromatic heterocycles. The maximum Gasteiger partial charge on any atom is 0.407 e. The minimum atomic E-state index is -0.830. The number of piperidine rings is 1. The molecule has 110 valence electrons. The van der Waals surface area contributed by atoms with Gasteiger partial charge in [-0.3, -0.25) is 4.68 Å². The quantitative estimate of drug-likeness (QED) is 0.900. The van der Waals surface area contributed by atoms with Gasteiger partial charge in [-0.15, -0.1) is 0 Å². The van der Waals surface area contributed by atoms with E-state index in [0.717, 1.165) is 28.4 Å². The number of halogens is 1. The Morgan fingerprint density at radius 2 is 2.05 bits per heavy atom. The van der Waals surface area contributed by atoms with E-state index in [0.29, 0.717) is 13.1 Å². The Labute approximate surface area is 131 Å². The first-order valence-corrected chi connectivity index (χ1v) is 7.71. The smallest absolute Gasteiger partial charge is 0.407 e. The van der Waals surface area contributed by atoms with Gasteiger partial charge in [0, 0.05) is 29.3 Å². The van der Waals surface area contributed by atoms with E-state index < -0.39 is 6.09 Å². The fourth-order valence-electron chi connectivity index (χ4n) is 2.68. The third-order valence-electron chi connectivity index (χ3n) is 3.87. The molecule has 1 aliphatic heterocycles. The van der Waals surface area contributed by atoms with Crippen LogP contribution in [-0.2, 0) is 0 Å². The van der Waals surface area contributed by atoms with E-state index in [1.54, 1.807) is 0 Å². The summed E-state index contributed by atoms with van der Waals surface area (Å²) < 4.78 is 3.01. The number of carbonyl (C=O) groups is 1. The summed E-state index contributed by atoms with van der Waals surface area (Å²) in [4.78, 5) is 12.4. The number of carboxylic acid groups (broad SMARTS) is 1. The van der Waals surface area contributed by atoms with E-state index in [9.17, 15) is 4.79 Å². The van der Waals surface area contributed by atoms with Crippen molar-refractivity contribution in [2.24, 2.45) is 0 Å². The monoisotopic (exact) mass is 349 g/mol. The van der Waals surface area contributed by atoms with E-state index in [1.165, 1.54) is 4.90 Å². The zero-order valence-electron chi connectivity index (χ0n) is 11.4. The highest BCUT2D eigenvalue weighted by molar-refractivity contribution is 9.10. The van der Waals surface area contributed by atoms with E-state index in [2.05, 4.69) is 33.2 Å². The fraction of sp³-hybridized carbons (Fsp3) is 0.333. The zero-order valence-corrected chi connectivity index (χ0v) is 13.0. The van der Waals surface area contributed by atoms with Gasteiger partial charge in [0.25, 0.3) is 0 Å². The summed E-state index contributed by atoms with van der Waals surface area (Å²) in [7, 11) is 0. The zero-order chi connectivity index (χ0) is 14.8. The summed E-state index contributed by atoms with van der Waals surface area (Å²) in [5.74, 6) is 0. The SMILES string of the molecule is O=C(O)N1CCC(n2cc(-c3cccc(Br)c3)cn2)CC1. The fourth-order valence-corrected chi connectivity index (χ4v) is 3.08. The van der Waals surface area contributed by atoms with Gasteiger partial charge in [-0.1, -0.05) is 28.1 Å². The third-order valence-corrected chi connectivity index (χ3v) is 4.36. The van der Waals surface area contributed by atoms with Crippen LogP contribution in [0.5, 0.6) is 0 Å². The Balaban J connectivity index is 1.73. The van der Waals surface area contributed by atoms with Gasteiger partial charge in [0.15, 0.2) is 0 Å². The molecule has 2 heterocycles. The predicted octanol–water partition coefficient (Wildman–Crippen LogP) is 3.63. The first-order valence-electron chi connectivity index (χ1n) is 6.91. The predicted molar refractivity (Wildman–Crippen MR) is 83.2 cm³/mol. The molecule has 0 saturated carbocycles. The molecule has 1 aromatic carbocycles. The van der Waals surface area contributed by atoms with Crippen molar-refractivity contribution >= 4 is 22.0 Å². The van der Waals surface area contributed by atoms with Gasteiger partial charge in [-0.05, 0) is 30.5 Å². The molecule has 0 aliphatic carbocycles. The number of hydrogen-bond donors (Lipinski definition) is 1. The van der Waals surface area contributed by atoms with Crippen molar-refractivity contribution in [2.75, 3.05) is 13.1 Å². The van der Waals surface area contributed by atoms with Crippen LogP contribution in [0.2, 0.25) is 0 Å². The van der Waals surface area contributed by atoms with Crippen LogP contribution in [0.3, 0.4) is 0 Å². The summed E-state index contributed by atoms with van der Waals surface area (Å²) in [6.45, 7) is 1.15. The summed E-state index contributed by atoms with van der Waals surface area (Å²) >= 11 is 3.47. The number of nitrogens with zero attached hydrogens (tertiary/aromatic N) is 3. The molecule has 0 spiro atoms. The molecule has 1 fully saturated rings. The van der Waals surface area contributed by atoms with Gasteiger partial charge in [0.05, 0.1) is 12.2 Å². The molecular weight excluding hydrogens is 334 g/mol. The Bertz CT molecular complexity index is 648. The molecule has 0 bridgehead atoms. The van der Waals surface area contributed by atoms with Crippen LogP contribution in [0.15, 0.2) is 41.1 Å². The number of amides is 1. The van der Waals surface area contributed by atoms with Crippen LogP contribution in [0.25, 0.3) is 11.1 Å². The van der Waals surface area contributed by atoms with E-state index in [1.807, 2.05) is 29.2 Å². The lowest BCUT2D eigenvalue weighted by atomic mass is 10.1. The highest BCUT2D eigenvalue weighted by Crippen LogP contribution is 2.26. The summed E-state index contributed by atoms with van der Waals surface area (Å²) in [5.41, 5.74) is 2.20. The molecule has 0 atom stereocenters. The van der Waals surface area contributed by atoms with Crippen LogP contribution in [0.4, 0.5) is 4.79 Å². The maximum absolute atomic E-state index is 10.9. The molecule has 1 saturated heterocycles. The molecule has 1 aliphatic rings. The number of aromatic nitrogens is 2. The van der Waals surface area contributed by atoms with Gasteiger partial charge in [0.1, 0.15) is 0 Å². The lowest BCUT2D eigenvalue weighted by Crippen LogP contribution is -2.38. The molecule has 0 unspecified atom stereocenters. The van der Waals surface area contributed by atoms with Crippen molar-refractivity contribution in [1.29, 1.82) is 0 Å². The van der Waals surface area contributed by atoms with Gasteiger partial charge in [-0.2, -0.15) is 5.10 Å². The molecule has 1 amide bonds. The van der Waals surface area contributed by atoms with Crippen molar-refractivity contribution in [3.8, 4) is 11.1 Å². The molecular formula is C15H16BrN3O2. The molecule has 3 rings (SSSR count). The van der Waals surface area contributed by atoms with E-state index in [-0.39, 0.29) is 6.04 Å². The highest BCUT2D eigenvalue weighted by Gasteiger charge is 2.23. The molecule has 0 radical (unpaired) electrons. The first-order chi connectivity index (χ1) is 10.1. The van der Waals surface area contributed by atoms with Crippen molar-refractivity contribution in [1.82, 2.24) is 14.7 Å². The second-order valence-electron chi connectivity index (χ2n) is 5.22. The molecule has 6 heteroatoms. The standard InChI is InChI=1S/C15H16BrN3O2/c16-13-3-1-2-11(8-13)12-9-17-19(10-12)14-4-6-18(7-5-14)15(20)21/h1-3,8-10,14H,4-7H2,(H,20,21). The second kappa shape index (κ2) is 5.89. The lowest BCUT2D eigenvalue weighted by Gasteiger charge is -2.30. The minimum Gasteiger partial charge on any atom is -0.465 e. The Hall–Kier alpha value is -1.82. The molecule has 21 heavy (non-hydrogen) atoms.